The Morgan fingerprint density at radius 2 is 2.32 bits per heavy atom. The van der Waals surface area contributed by atoms with Gasteiger partial charge in [0.15, 0.2) is 0 Å². The minimum absolute atomic E-state index is 0.420. The SMILES string of the molecule is CCn1cncc1C(Nc1cccc(C)c1)C(N)=O. The Morgan fingerprint density at radius 1 is 1.53 bits per heavy atom. The highest BCUT2D eigenvalue weighted by Crippen LogP contribution is 2.20. The summed E-state index contributed by atoms with van der Waals surface area (Å²) in [5, 5.41) is 3.16. The number of hydrogen-bond acceptors (Lipinski definition) is 3. The first-order chi connectivity index (χ1) is 9.11. The third-order valence-electron chi connectivity index (χ3n) is 2.99. The van der Waals surface area contributed by atoms with Crippen LogP contribution in [-0.4, -0.2) is 15.5 Å². The number of imidazole rings is 1. The van der Waals surface area contributed by atoms with Crippen LogP contribution in [0.3, 0.4) is 0 Å². The number of nitrogens with two attached hydrogens (primary N) is 1. The highest BCUT2D eigenvalue weighted by Gasteiger charge is 2.21. The van der Waals surface area contributed by atoms with Crippen LogP contribution in [0, 0.1) is 6.92 Å². The molecule has 1 unspecified atom stereocenters. The minimum atomic E-state index is -0.579. The standard InChI is InChI=1S/C14H18N4O/c1-3-18-9-16-8-12(18)13(14(15)19)17-11-6-4-5-10(2)7-11/h4-9,13,17H,3H2,1-2H3,(H2,15,19). The van der Waals surface area contributed by atoms with E-state index in [0.717, 1.165) is 23.5 Å². The molecule has 3 N–H and O–H groups in total. The van der Waals surface area contributed by atoms with Crippen LogP contribution in [0.5, 0.6) is 0 Å². The lowest BCUT2D eigenvalue weighted by Gasteiger charge is -2.18. The Hall–Kier alpha value is -2.30. The van der Waals surface area contributed by atoms with Crippen LogP contribution in [0.2, 0.25) is 0 Å². The molecule has 0 saturated heterocycles. The van der Waals surface area contributed by atoms with Gasteiger partial charge in [0.1, 0.15) is 6.04 Å². The predicted octanol–water partition coefficient (Wildman–Crippen LogP) is 1.85. The van der Waals surface area contributed by atoms with Gasteiger partial charge in [-0.1, -0.05) is 12.1 Å². The van der Waals surface area contributed by atoms with E-state index in [2.05, 4.69) is 10.3 Å². The van der Waals surface area contributed by atoms with Crippen molar-refractivity contribution in [2.24, 2.45) is 5.73 Å². The summed E-state index contributed by atoms with van der Waals surface area (Å²) in [6, 6.07) is 7.25. The van der Waals surface area contributed by atoms with Gasteiger partial charge in [0.25, 0.3) is 0 Å². The molecule has 5 heteroatoms. The number of aryl methyl sites for hydroxylation is 2. The van der Waals surface area contributed by atoms with E-state index in [1.165, 1.54) is 0 Å². The number of rotatable bonds is 5. The number of nitrogens with zero attached hydrogens (tertiary/aromatic N) is 2. The topological polar surface area (TPSA) is 72.9 Å². The lowest BCUT2D eigenvalue weighted by Crippen LogP contribution is -2.29. The monoisotopic (exact) mass is 258 g/mol. The summed E-state index contributed by atoms with van der Waals surface area (Å²) < 4.78 is 1.90. The van der Waals surface area contributed by atoms with E-state index < -0.39 is 11.9 Å². The molecule has 0 aliphatic rings. The molecule has 2 rings (SSSR count). The highest BCUT2D eigenvalue weighted by atomic mass is 16.1. The summed E-state index contributed by atoms with van der Waals surface area (Å²) in [6.07, 6.45) is 3.37. The molecule has 19 heavy (non-hydrogen) atoms. The zero-order valence-electron chi connectivity index (χ0n) is 11.1. The number of aromatic nitrogens is 2. The Kier molecular flexibility index (Phi) is 3.85. The van der Waals surface area contributed by atoms with Crippen molar-refractivity contribution in [3.05, 3.63) is 48.0 Å². The van der Waals surface area contributed by atoms with E-state index >= 15 is 0 Å². The molecule has 1 heterocycles. The van der Waals surface area contributed by atoms with E-state index in [1.807, 2.05) is 42.7 Å². The summed E-state index contributed by atoms with van der Waals surface area (Å²) in [6.45, 7) is 4.74. The molecule has 1 aromatic heterocycles. The molecule has 1 aromatic carbocycles. The lowest BCUT2D eigenvalue weighted by atomic mass is 10.1. The van der Waals surface area contributed by atoms with Crippen molar-refractivity contribution in [3.63, 3.8) is 0 Å². The number of benzene rings is 1. The molecule has 0 fully saturated rings. The van der Waals surface area contributed by atoms with Crippen LogP contribution in [-0.2, 0) is 11.3 Å². The Bertz CT molecular complexity index is 576. The van der Waals surface area contributed by atoms with Crippen molar-refractivity contribution >= 4 is 11.6 Å². The molecule has 0 saturated carbocycles. The number of amides is 1. The van der Waals surface area contributed by atoms with Crippen LogP contribution in [0.1, 0.15) is 24.2 Å². The molecule has 0 bridgehead atoms. The second-order valence-corrected chi connectivity index (χ2v) is 4.45. The van der Waals surface area contributed by atoms with Crippen molar-refractivity contribution in [2.45, 2.75) is 26.4 Å². The van der Waals surface area contributed by atoms with Crippen molar-refractivity contribution in [1.82, 2.24) is 9.55 Å². The third-order valence-corrected chi connectivity index (χ3v) is 2.99. The Labute approximate surface area is 112 Å². The number of carbonyl (C=O) groups is 1. The largest absolute Gasteiger partial charge is 0.369 e. The zero-order chi connectivity index (χ0) is 13.8. The van der Waals surface area contributed by atoms with Gasteiger partial charge < -0.3 is 15.6 Å². The number of hydrogen-bond donors (Lipinski definition) is 2. The maximum atomic E-state index is 11.7. The number of nitrogens with one attached hydrogen (secondary N) is 1. The van der Waals surface area contributed by atoms with E-state index in [4.69, 9.17) is 5.73 Å². The second-order valence-electron chi connectivity index (χ2n) is 4.45. The third kappa shape index (κ3) is 2.93. The maximum Gasteiger partial charge on any atom is 0.246 e. The van der Waals surface area contributed by atoms with E-state index in [-0.39, 0.29) is 0 Å². The smallest absolute Gasteiger partial charge is 0.246 e. The lowest BCUT2D eigenvalue weighted by molar-refractivity contribution is -0.119. The molecular formula is C14H18N4O. The fourth-order valence-corrected chi connectivity index (χ4v) is 2.03. The van der Waals surface area contributed by atoms with Gasteiger partial charge in [-0.3, -0.25) is 4.79 Å². The molecule has 0 aliphatic heterocycles. The fourth-order valence-electron chi connectivity index (χ4n) is 2.03. The van der Waals surface area contributed by atoms with Crippen LogP contribution >= 0.6 is 0 Å². The van der Waals surface area contributed by atoms with Crippen molar-refractivity contribution in [2.75, 3.05) is 5.32 Å². The summed E-state index contributed by atoms with van der Waals surface area (Å²) in [4.78, 5) is 15.7. The summed E-state index contributed by atoms with van der Waals surface area (Å²) >= 11 is 0. The average molecular weight is 258 g/mol. The van der Waals surface area contributed by atoms with Crippen molar-refractivity contribution in [1.29, 1.82) is 0 Å². The van der Waals surface area contributed by atoms with Crippen LogP contribution in [0.4, 0.5) is 5.69 Å². The number of anilines is 1. The minimum Gasteiger partial charge on any atom is -0.369 e. The molecule has 0 spiro atoms. The van der Waals surface area contributed by atoms with Gasteiger partial charge in [-0.05, 0) is 31.5 Å². The van der Waals surface area contributed by atoms with Crippen molar-refractivity contribution < 1.29 is 4.79 Å². The van der Waals surface area contributed by atoms with Gasteiger partial charge in [0.2, 0.25) is 5.91 Å². The molecule has 0 radical (unpaired) electrons. The quantitative estimate of drug-likeness (QED) is 0.859. The van der Waals surface area contributed by atoms with Crippen LogP contribution < -0.4 is 11.1 Å². The number of carbonyl (C=O) groups excluding carboxylic acids is 1. The molecule has 2 aromatic rings. The van der Waals surface area contributed by atoms with Gasteiger partial charge in [-0.25, -0.2) is 4.98 Å². The first-order valence-corrected chi connectivity index (χ1v) is 6.24. The van der Waals surface area contributed by atoms with Gasteiger partial charge >= 0.3 is 0 Å². The predicted molar refractivity (Wildman–Crippen MR) is 74.6 cm³/mol. The Morgan fingerprint density at radius 3 is 2.95 bits per heavy atom. The summed E-state index contributed by atoms with van der Waals surface area (Å²) in [5.74, 6) is -0.420. The van der Waals surface area contributed by atoms with Crippen LogP contribution in [0.15, 0.2) is 36.8 Å². The van der Waals surface area contributed by atoms with Crippen molar-refractivity contribution in [3.8, 4) is 0 Å². The molecule has 5 nitrogen and oxygen atoms in total. The van der Waals surface area contributed by atoms with E-state index in [1.54, 1.807) is 12.5 Å². The van der Waals surface area contributed by atoms with Crippen LogP contribution in [0.25, 0.3) is 0 Å². The second kappa shape index (κ2) is 5.56. The average Bonchev–Trinajstić information content (AvgIpc) is 2.83. The molecule has 0 aliphatic carbocycles. The molecule has 1 amide bonds. The normalized spacial score (nSPS) is 12.1. The maximum absolute atomic E-state index is 11.7. The summed E-state index contributed by atoms with van der Waals surface area (Å²) in [7, 11) is 0. The zero-order valence-corrected chi connectivity index (χ0v) is 11.1. The first-order valence-electron chi connectivity index (χ1n) is 6.24. The molecule has 1 atom stereocenters. The molecular weight excluding hydrogens is 240 g/mol. The van der Waals surface area contributed by atoms with Gasteiger partial charge in [0.05, 0.1) is 18.2 Å². The Balaban J connectivity index is 2.29. The summed E-state index contributed by atoms with van der Waals surface area (Å²) in [5.41, 5.74) is 8.26. The van der Waals surface area contributed by atoms with E-state index in [0.29, 0.717) is 0 Å². The van der Waals surface area contributed by atoms with Gasteiger partial charge in [0, 0.05) is 12.2 Å². The van der Waals surface area contributed by atoms with Gasteiger partial charge in [-0.2, -0.15) is 0 Å². The van der Waals surface area contributed by atoms with Gasteiger partial charge in [-0.15, -0.1) is 0 Å². The molecule has 100 valence electrons. The number of primary amides is 1. The first kappa shape index (κ1) is 13.1. The van der Waals surface area contributed by atoms with E-state index in [9.17, 15) is 4.79 Å². The highest BCUT2D eigenvalue weighted by molar-refractivity contribution is 5.84. The fraction of sp³-hybridized carbons (Fsp3) is 0.286.